The van der Waals surface area contributed by atoms with Crippen LogP contribution in [-0.2, 0) is 13.5 Å². The summed E-state index contributed by atoms with van der Waals surface area (Å²) in [5.41, 5.74) is 0.104. The van der Waals surface area contributed by atoms with E-state index in [1.54, 1.807) is 7.05 Å². The zero-order chi connectivity index (χ0) is 12.6. The van der Waals surface area contributed by atoms with E-state index < -0.39 is 4.92 Å². The van der Waals surface area contributed by atoms with Crippen LogP contribution in [0, 0.1) is 10.1 Å². The van der Waals surface area contributed by atoms with Crippen molar-refractivity contribution < 1.29 is 10.0 Å². The van der Waals surface area contributed by atoms with Crippen molar-refractivity contribution in [2.24, 2.45) is 7.05 Å². The van der Waals surface area contributed by atoms with Crippen molar-refractivity contribution in [2.75, 3.05) is 11.9 Å². The molecule has 2 N–H and O–H groups in total. The number of aryl methyl sites for hydroxylation is 2. The lowest BCUT2D eigenvalue weighted by Crippen LogP contribution is -2.27. The molecule has 2 rings (SSSR count). The number of nitro groups is 1. The molecule has 94 valence electrons. The van der Waals surface area contributed by atoms with Crippen LogP contribution in [0.2, 0.25) is 0 Å². The molecule has 1 aromatic heterocycles. The number of aliphatic hydroxyl groups excluding tert-OH is 1. The molecule has 0 aliphatic heterocycles. The highest BCUT2D eigenvalue weighted by atomic mass is 16.6. The first-order valence-corrected chi connectivity index (χ1v) is 5.62. The molecule has 1 fully saturated rings. The predicted octanol–water partition coefficient (Wildman–Crippen LogP) is 0.827. The lowest BCUT2D eigenvalue weighted by atomic mass is 10.2. The average Bonchev–Trinajstić information content (AvgIpc) is 2.99. The second kappa shape index (κ2) is 3.99. The number of hydrogen-bond donors (Lipinski definition) is 2. The summed E-state index contributed by atoms with van der Waals surface area (Å²) in [7, 11) is 1.67. The number of nitrogens with one attached hydrogen (secondary N) is 1. The van der Waals surface area contributed by atoms with Gasteiger partial charge in [0.15, 0.2) is 0 Å². The summed E-state index contributed by atoms with van der Waals surface area (Å²) in [6, 6.07) is 0. The Kier molecular flexibility index (Phi) is 2.78. The Labute approximate surface area is 98.6 Å². The van der Waals surface area contributed by atoms with E-state index >= 15 is 0 Å². The van der Waals surface area contributed by atoms with E-state index in [2.05, 4.69) is 10.4 Å². The molecule has 1 aromatic rings. The van der Waals surface area contributed by atoms with Gasteiger partial charge >= 0.3 is 5.69 Å². The van der Waals surface area contributed by atoms with Crippen LogP contribution in [0.15, 0.2) is 0 Å². The number of anilines is 1. The standard InChI is InChI=1S/C10H16N4O3/c1-3-7-8(14(16)17)9(13(2)12-7)11-10(6-15)4-5-10/h11,15H,3-6H2,1-2H3. The van der Waals surface area contributed by atoms with Gasteiger partial charge < -0.3 is 10.4 Å². The van der Waals surface area contributed by atoms with Crippen molar-refractivity contribution in [3.63, 3.8) is 0 Å². The van der Waals surface area contributed by atoms with Gasteiger partial charge in [0.1, 0.15) is 5.69 Å². The molecule has 0 atom stereocenters. The molecule has 0 spiro atoms. The molecule has 0 amide bonds. The van der Waals surface area contributed by atoms with E-state index in [0.29, 0.717) is 17.9 Å². The smallest absolute Gasteiger partial charge is 0.333 e. The van der Waals surface area contributed by atoms with Gasteiger partial charge in [0.2, 0.25) is 5.82 Å². The SMILES string of the molecule is CCc1nn(C)c(NC2(CO)CC2)c1[N+](=O)[O-]. The van der Waals surface area contributed by atoms with Gasteiger partial charge in [-0.3, -0.25) is 10.1 Å². The highest BCUT2D eigenvalue weighted by Crippen LogP contribution is 2.41. The summed E-state index contributed by atoms with van der Waals surface area (Å²) < 4.78 is 1.48. The van der Waals surface area contributed by atoms with Gasteiger partial charge in [0.25, 0.3) is 0 Å². The molecule has 1 heterocycles. The van der Waals surface area contributed by atoms with Crippen molar-refractivity contribution in [3.8, 4) is 0 Å². The maximum atomic E-state index is 11.1. The molecule has 1 saturated carbocycles. The van der Waals surface area contributed by atoms with Gasteiger partial charge in [-0.2, -0.15) is 5.10 Å². The molecule has 0 radical (unpaired) electrons. The largest absolute Gasteiger partial charge is 0.394 e. The lowest BCUT2D eigenvalue weighted by molar-refractivity contribution is -0.384. The van der Waals surface area contributed by atoms with Gasteiger partial charge in [-0.25, -0.2) is 4.68 Å². The first-order valence-electron chi connectivity index (χ1n) is 5.62. The van der Waals surface area contributed by atoms with E-state index in [-0.39, 0.29) is 17.8 Å². The molecule has 1 aliphatic rings. The van der Waals surface area contributed by atoms with Crippen molar-refractivity contribution in [1.82, 2.24) is 9.78 Å². The first kappa shape index (κ1) is 11.8. The molecule has 7 nitrogen and oxygen atoms in total. The fourth-order valence-corrected chi connectivity index (χ4v) is 1.86. The Morgan fingerprint density at radius 3 is 2.71 bits per heavy atom. The van der Waals surface area contributed by atoms with Crippen LogP contribution >= 0.6 is 0 Å². The van der Waals surface area contributed by atoms with Crippen molar-refractivity contribution in [1.29, 1.82) is 0 Å². The summed E-state index contributed by atoms with van der Waals surface area (Å²) >= 11 is 0. The van der Waals surface area contributed by atoms with Crippen LogP contribution in [0.1, 0.15) is 25.5 Å². The van der Waals surface area contributed by atoms with Crippen molar-refractivity contribution in [3.05, 3.63) is 15.8 Å². The summed E-state index contributed by atoms with van der Waals surface area (Å²) in [6.45, 7) is 1.81. The van der Waals surface area contributed by atoms with E-state index in [1.165, 1.54) is 4.68 Å². The number of hydrogen-bond acceptors (Lipinski definition) is 5. The number of rotatable bonds is 5. The van der Waals surface area contributed by atoms with E-state index in [1.807, 2.05) is 6.92 Å². The predicted molar refractivity (Wildman–Crippen MR) is 61.9 cm³/mol. The van der Waals surface area contributed by atoms with Gasteiger partial charge in [-0.15, -0.1) is 0 Å². The van der Waals surface area contributed by atoms with E-state index in [4.69, 9.17) is 0 Å². The van der Waals surface area contributed by atoms with Crippen LogP contribution in [-0.4, -0.2) is 32.0 Å². The van der Waals surface area contributed by atoms with Crippen LogP contribution < -0.4 is 5.32 Å². The maximum Gasteiger partial charge on any atom is 0.333 e. The van der Waals surface area contributed by atoms with Crippen LogP contribution in [0.25, 0.3) is 0 Å². The quantitative estimate of drug-likeness (QED) is 0.587. The van der Waals surface area contributed by atoms with Crippen molar-refractivity contribution in [2.45, 2.75) is 31.7 Å². The Morgan fingerprint density at radius 2 is 2.29 bits per heavy atom. The zero-order valence-corrected chi connectivity index (χ0v) is 9.93. The molecule has 17 heavy (non-hydrogen) atoms. The minimum absolute atomic E-state index is 0.0171. The second-order valence-corrected chi connectivity index (χ2v) is 4.44. The average molecular weight is 240 g/mol. The van der Waals surface area contributed by atoms with Gasteiger partial charge in [0, 0.05) is 7.05 Å². The number of nitrogens with zero attached hydrogens (tertiary/aromatic N) is 3. The zero-order valence-electron chi connectivity index (χ0n) is 9.93. The fourth-order valence-electron chi connectivity index (χ4n) is 1.86. The number of aliphatic hydroxyl groups is 1. The van der Waals surface area contributed by atoms with Crippen LogP contribution in [0.4, 0.5) is 11.5 Å². The molecule has 0 bridgehead atoms. The summed E-state index contributed by atoms with van der Waals surface area (Å²) in [5.74, 6) is 0.387. The molecule has 7 heteroatoms. The third kappa shape index (κ3) is 1.97. The van der Waals surface area contributed by atoms with E-state index in [0.717, 1.165) is 12.8 Å². The monoisotopic (exact) mass is 240 g/mol. The second-order valence-electron chi connectivity index (χ2n) is 4.44. The molecule has 0 aromatic carbocycles. The Hall–Kier alpha value is -1.63. The van der Waals surface area contributed by atoms with Gasteiger partial charge in [-0.05, 0) is 19.3 Å². The van der Waals surface area contributed by atoms with Crippen LogP contribution in [0.3, 0.4) is 0 Å². The van der Waals surface area contributed by atoms with E-state index in [9.17, 15) is 15.2 Å². The molecular formula is C10H16N4O3. The summed E-state index contributed by atoms with van der Waals surface area (Å²) in [4.78, 5) is 10.6. The highest BCUT2D eigenvalue weighted by Gasteiger charge is 2.44. The minimum atomic E-state index is -0.415. The minimum Gasteiger partial charge on any atom is -0.394 e. The van der Waals surface area contributed by atoms with Gasteiger partial charge in [-0.1, -0.05) is 6.92 Å². The van der Waals surface area contributed by atoms with Gasteiger partial charge in [0.05, 0.1) is 17.1 Å². The maximum absolute atomic E-state index is 11.1. The van der Waals surface area contributed by atoms with Crippen molar-refractivity contribution >= 4 is 11.5 Å². The Morgan fingerprint density at radius 1 is 1.65 bits per heavy atom. The molecule has 0 saturated heterocycles. The Balaban J connectivity index is 2.38. The molecule has 1 aliphatic carbocycles. The fraction of sp³-hybridized carbons (Fsp3) is 0.700. The normalized spacial score (nSPS) is 16.9. The lowest BCUT2D eigenvalue weighted by Gasteiger charge is -2.14. The third-order valence-electron chi connectivity index (χ3n) is 3.15. The summed E-state index contributed by atoms with van der Waals surface area (Å²) in [5, 5.41) is 27.5. The number of aromatic nitrogens is 2. The first-order chi connectivity index (χ1) is 8.03. The van der Waals surface area contributed by atoms with Crippen LogP contribution in [0.5, 0.6) is 0 Å². The third-order valence-corrected chi connectivity index (χ3v) is 3.15. The summed E-state index contributed by atoms with van der Waals surface area (Å²) in [6.07, 6.45) is 2.17. The highest BCUT2D eigenvalue weighted by molar-refractivity contribution is 5.61. The molecule has 0 unspecified atom stereocenters. The molecular weight excluding hydrogens is 224 g/mol. The Bertz CT molecular complexity index is 451. The topological polar surface area (TPSA) is 93.2 Å².